The first-order valence-electron chi connectivity index (χ1n) is 5.99. The molecule has 0 fully saturated rings. The van der Waals surface area contributed by atoms with Gasteiger partial charge >= 0.3 is 0 Å². The lowest BCUT2D eigenvalue weighted by Gasteiger charge is -2.08. The molecule has 2 aromatic rings. The predicted octanol–water partition coefficient (Wildman–Crippen LogP) is 4.08. The van der Waals surface area contributed by atoms with Crippen molar-refractivity contribution in [3.05, 3.63) is 53.6 Å². The van der Waals surface area contributed by atoms with Gasteiger partial charge in [-0.25, -0.2) is 0 Å². The molecular formula is C15H14ClNO2S. The summed E-state index contributed by atoms with van der Waals surface area (Å²) in [7, 11) is 0. The maximum atomic E-state index is 11.8. The number of hydrogen-bond donors (Lipinski definition) is 1. The van der Waals surface area contributed by atoms with Crippen LogP contribution < -0.4 is 10.1 Å². The molecule has 0 bridgehead atoms. The van der Waals surface area contributed by atoms with E-state index in [-0.39, 0.29) is 12.5 Å². The molecule has 0 aromatic heterocycles. The Hall–Kier alpha value is -1.65. The number of halogens is 1. The van der Waals surface area contributed by atoms with E-state index < -0.39 is 0 Å². The van der Waals surface area contributed by atoms with Crippen molar-refractivity contribution < 1.29 is 9.53 Å². The number of thioether (sulfide) groups is 1. The highest BCUT2D eigenvalue weighted by atomic mass is 35.5. The van der Waals surface area contributed by atoms with Crippen LogP contribution in [0.4, 0.5) is 5.69 Å². The van der Waals surface area contributed by atoms with Crippen LogP contribution in [-0.2, 0) is 4.79 Å². The van der Waals surface area contributed by atoms with Crippen molar-refractivity contribution >= 4 is 35.0 Å². The summed E-state index contributed by atoms with van der Waals surface area (Å²) in [5.41, 5.74) is 0.752. The second-order valence-electron chi connectivity index (χ2n) is 4.02. The molecule has 0 heterocycles. The summed E-state index contributed by atoms with van der Waals surface area (Å²) in [6.07, 6.45) is 2.01. The molecule has 1 N–H and O–H groups in total. The summed E-state index contributed by atoms with van der Waals surface area (Å²) < 4.78 is 5.37. The van der Waals surface area contributed by atoms with Gasteiger partial charge in [0.25, 0.3) is 5.91 Å². The van der Waals surface area contributed by atoms with Crippen molar-refractivity contribution in [3.63, 3.8) is 0 Å². The van der Waals surface area contributed by atoms with Crippen LogP contribution in [0, 0.1) is 0 Å². The Morgan fingerprint density at radius 1 is 1.25 bits per heavy atom. The molecule has 0 saturated carbocycles. The lowest BCUT2D eigenvalue weighted by Crippen LogP contribution is -2.20. The number of ether oxygens (including phenoxy) is 1. The smallest absolute Gasteiger partial charge is 0.262 e. The monoisotopic (exact) mass is 307 g/mol. The third-order valence-electron chi connectivity index (χ3n) is 2.54. The molecule has 104 valence electrons. The SMILES string of the molecule is CSc1ccc(NC(=O)COc2cccc(Cl)c2)cc1. The Morgan fingerprint density at radius 2 is 2.00 bits per heavy atom. The van der Waals surface area contributed by atoms with Crippen LogP contribution in [0.2, 0.25) is 5.02 Å². The maximum absolute atomic E-state index is 11.8. The molecule has 0 saturated heterocycles. The summed E-state index contributed by atoms with van der Waals surface area (Å²) >= 11 is 7.49. The Kier molecular flexibility index (Phi) is 5.32. The fourth-order valence-corrected chi connectivity index (χ4v) is 2.17. The number of amides is 1. The van der Waals surface area contributed by atoms with E-state index in [2.05, 4.69) is 5.32 Å². The standard InChI is InChI=1S/C15H14ClNO2S/c1-20-14-7-5-12(6-8-14)17-15(18)10-19-13-4-2-3-11(16)9-13/h2-9H,10H2,1H3,(H,17,18). The van der Waals surface area contributed by atoms with E-state index in [0.29, 0.717) is 10.8 Å². The van der Waals surface area contributed by atoms with Gasteiger partial charge in [0.2, 0.25) is 0 Å². The zero-order valence-corrected chi connectivity index (χ0v) is 12.5. The molecule has 1 amide bonds. The van der Waals surface area contributed by atoms with Gasteiger partial charge in [0.05, 0.1) is 0 Å². The molecule has 0 unspecified atom stereocenters. The van der Waals surface area contributed by atoms with Crippen molar-refractivity contribution in [2.24, 2.45) is 0 Å². The third-order valence-corrected chi connectivity index (χ3v) is 3.52. The van der Waals surface area contributed by atoms with Crippen LogP contribution in [0.1, 0.15) is 0 Å². The molecule has 0 radical (unpaired) electrons. The van der Waals surface area contributed by atoms with E-state index in [9.17, 15) is 4.79 Å². The van der Waals surface area contributed by atoms with E-state index in [1.807, 2.05) is 30.5 Å². The van der Waals surface area contributed by atoms with Gasteiger partial charge in [0.15, 0.2) is 6.61 Å². The first-order valence-corrected chi connectivity index (χ1v) is 7.60. The van der Waals surface area contributed by atoms with Gasteiger partial charge < -0.3 is 10.1 Å². The van der Waals surface area contributed by atoms with Crippen LogP contribution in [0.5, 0.6) is 5.75 Å². The van der Waals surface area contributed by atoms with Crippen molar-refractivity contribution in [3.8, 4) is 5.75 Å². The molecule has 5 heteroatoms. The highest BCUT2D eigenvalue weighted by Gasteiger charge is 2.04. The van der Waals surface area contributed by atoms with Crippen molar-refractivity contribution in [2.75, 3.05) is 18.2 Å². The van der Waals surface area contributed by atoms with E-state index in [1.165, 1.54) is 0 Å². The molecule has 2 aromatic carbocycles. The highest BCUT2D eigenvalue weighted by molar-refractivity contribution is 7.98. The van der Waals surface area contributed by atoms with Crippen molar-refractivity contribution in [2.45, 2.75) is 4.90 Å². The minimum absolute atomic E-state index is 0.0510. The molecule has 0 spiro atoms. The number of anilines is 1. The lowest BCUT2D eigenvalue weighted by atomic mass is 10.3. The summed E-state index contributed by atoms with van der Waals surface area (Å²) in [5, 5.41) is 3.35. The quantitative estimate of drug-likeness (QED) is 0.846. The number of benzene rings is 2. The molecule has 0 aliphatic rings. The van der Waals surface area contributed by atoms with Gasteiger partial charge in [-0.1, -0.05) is 17.7 Å². The van der Waals surface area contributed by atoms with E-state index in [0.717, 1.165) is 10.6 Å². The summed E-state index contributed by atoms with van der Waals surface area (Å²) in [4.78, 5) is 12.9. The van der Waals surface area contributed by atoms with Gasteiger partial charge in [0, 0.05) is 15.6 Å². The maximum Gasteiger partial charge on any atom is 0.262 e. The number of carbonyl (C=O) groups is 1. The van der Waals surface area contributed by atoms with Crippen molar-refractivity contribution in [1.82, 2.24) is 0 Å². The first-order chi connectivity index (χ1) is 9.67. The predicted molar refractivity (Wildman–Crippen MR) is 83.8 cm³/mol. The van der Waals surface area contributed by atoms with Crippen LogP contribution in [0.25, 0.3) is 0 Å². The fourth-order valence-electron chi connectivity index (χ4n) is 1.58. The zero-order valence-electron chi connectivity index (χ0n) is 10.9. The number of hydrogen-bond acceptors (Lipinski definition) is 3. The second-order valence-corrected chi connectivity index (χ2v) is 5.34. The van der Waals surface area contributed by atoms with Gasteiger partial charge in [-0.15, -0.1) is 11.8 Å². The van der Waals surface area contributed by atoms with Crippen LogP contribution in [0.15, 0.2) is 53.4 Å². The molecule has 2 rings (SSSR count). The molecule has 0 aliphatic carbocycles. The normalized spacial score (nSPS) is 10.1. The van der Waals surface area contributed by atoms with Gasteiger partial charge in [-0.05, 0) is 48.7 Å². The van der Waals surface area contributed by atoms with Crippen LogP contribution in [0.3, 0.4) is 0 Å². The Morgan fingerprint density at radius 3 is 2.65 bits per heavy atom. The van der Waals surface area contributed by atoms with Crippen molar-refractivity contribution in [1.29, 1.82) is 0 Å². The van der Waals surface area contributed by atoms with E-state index >= 15 is 0 Å². The Bertz CT molecular complexity index is 587. The first kappa shape index (κ1) is 14.8. The summed E-state index contributed by atoms with van der Waals surface area (Å²) in [6, 6.07) is 14.6. The molecule has 0 atom stereocenters. The Balaban J connectivity index is 1.85. The minimum atomic E-state index is -0.207. The highest BCUT2D eigenvalue weighted by Crippen LogP contribution is 2.18. The van der Waals surface area contributed by atoms with Crippen LogP contribution in [-0.4, -0.2) is 18.8 Å². The zero-order chi connectivity index (χ0) is 14.4. The largest absolute Gasteiger partial charge is 0.484 e. The van der Waals surface area contributed by atoms with Crippen LogP contribution >= 0.6 is 23.4 Å². The number of rotatable bonds is 5. The van der Waals surface area contributed by atoms with Gasteiger partial charge in [0.1, 0.15) is 5.75 Å². The fraction of sp³-hybridized carbons (Fsp3) is 0.133. The third kappa shape index (κ3) is 4.47. The molecule has 0 aliphatic heterocycles. The average Bonchev–Trinajstić information content (AvgIpc) is 2.46. The number of nitrogens with one attached hydrogen (secondary N) is 1. The topological polar surface area (TPSA) is 38.3 Å². The molecule has 20 heavy (non-hydrogen) atoms. The molecule has 3 nitrogen and oxygen atoms in total. The van der Waals surface area contributed by atoms with E-state index in [4.69, 9.17) is 16.3 Å². The lowest BCUT2D eigenvalue weighted by molar-refractivity contribution is -0.118. The minimum Gasteiger partial charge on any atom is -0.484 e. The molecular weight excluding hydrogens is 294 g/mol. The van der Waals surface area contributed by atoms with Gasteiger partial charge in [-0.3, -0.25) is 4.79 Å². The average molecular weight is 308 g/mol. The Labute approximate surface area is 127 Å². The summed E-state index contributed by atoms with van der Waals surface area (Å²) in [6.45, 7) is -0.0510. The summed E-state index contributed by atoms with van der Waals surface area (Å²) in [5.74, 6) is 0.368. The van der Waals surface area contributed by atoms with E-state index in [1.54, 1.807) is 36.0 Å². The van der Waals surface area contributed by atoms with Gasteiger partial charge in [-0.2, -0.15) is 0 Å². The second kappa shape index (κ2) is 7.22. The number of carbonyl (C=O) groups excluding carboxylic acids is 1.